The maximum Gasteiger partial charge on any atom is 0.408 e. The van der Waals surface area contributed by atoms with Gasteiger partial charge in [0.25, 0.3) is 0 Å². The molecule has 0 aliphatic rings. The third kappa shape index (κ3) is 6.54. The molecule has 0 aliphatic carbocycles. The van der Waals surface area contributed by atoms with E-state index in [2.05, 4.69) is 5.32 Å². The zero-order valence-electron chi connectivity index (χ0n) is 17.8. The summed E-state index contributed by atoms with van der Waals surface area (Å²) in [5.41, 5.74) is 3.44. The number of hydrogen-bond acceptors (Lipinski definition) is 5. The van der Waals surface area contributed by atoms with E-state index in [1.54, 1.807) is 24.3 Å². The first-order valence-electron chi connectivity index (χ1n) is 10.3. The van der Waals surface area contributed by atoms with Crippen molar-refractivity contribution in [1.82, 2.24) is 5.32 Å². The fraction of sp³-hybridized carbons (Fsp3) is 0.192. The van der Waals surface area contributed by atoms with Gasteiger partial charge in [-0.3, -0.25) is 4.79 Å². The van der Waals surface area contributed by atoms with E-state index in [-0.39, 0.29) is 25.2 Å². The van der Waals surface area contributed by atoms with Crippen LogP contribution >= 0.6 is 0 Å². The molecule has 3 rings (SSSR count). The molecular formula is C26H25NO5. The van der Waals surface area contributed by atoms with E-state index in [0.29, 0.717) is 5.56 Å². The predicted molar refractivity (Wildman–Crippen MR) is 121 cm³/mol. The minimum absolute atomic E-state index is 0.0450. The largest absolute Gasteiger partial charge is 0.467 e. The van der Waals surface area contributed by atoms with Crippen LogP contribution in [0.15, 0.2) is 84.9 Å². The molecule has 6 heteroatoms. The van der Waals surface area contributed by atoms with Crippen LogP contribution in [0.4, 0.5) is 4.79 Å². The second-order valence-electron chi connectivity index (χ2n) is 7.19. The fourth-order valence-electron chi connectivity index (χ4n) is 3.24. The Hall–Kier alpha value is -3.93. The third-order valence-corrected chi connectivity index (χ3v) is 4.94. The SMILES string of the molecule is COC(=O)C(CCC(=O)c1ccccc1)NC(=O)OCc1cccc(-c2ccccc2)c1. The molecule has 164 valence electrons. The molecule has 1 N–H and O–H groups in total. The summed E-state index contributed by atoms with van der Waals surface area (Å²) < 4.78 is 10.1. The van der Waals surface area contributed by atoms with E-state index in [1.807, 2.05) is 60.7 Å². The summed E-state index contributed by atoms with van der Waals surface area (Å²) in [6, 6.07) is 25.4. The number of esters is 1. The van der Waals surface area contributed by atoms with Gasteiger partial charge < -0.3 is 14.8 Å². The zero-order chi connectivity index (χ0) is 22.8. The number of nitrogens with one attached hydrogen (secondary N) is 1. The van der Waals surface area contributed by atoms with E-state index in [1.165, 1.54) is 7.11 Å². The van der Waals surface area contributed by atoms with Crippen molar-refractivity contribution < 1.29 is 23.9 Å². The fourth-order valence-corrected chi connectivity index (χ4v) is 3.24. The number of Topliss-reactive ketones (excluding diaryl/α,β-unsaturated/α-hetero) is 1. The van der Waals surface area contributed by atoms with Crippen LogP contribution in [0.1, 0.15) is 28.8 Å². The molecule has 1 atom stereocenters. The highest BCUT2D eigenvalue weighted by atomic mass is 16.6. The minimum Gasteiger partial charge on any atom is -0.467 e. The molecule has 0 saturated heterocycles. The molecule has 0 spiro atoms. The summed E-state index contributed by atoms with van der Waals surface area (Å²) in [4.78, 5) is 36.7. The molecule has 0 bridgehead atoms. The quantitative estimate of drug-likeness (QED) is 0.389. The lowest BCUT2D eigenvalue weighted by Gasteiger charge is -2.16. The average molecular weight is 431 g/mol. The van der Waals surface area contributed by atoms with Crippen molar-refractivity contribution >= 4 is 17.8 Å². The van der Waals surface area contributed by atoms with Crippen molar-refractivity contribution in [2.75, 3.05) is 7.11 Å². The molecule has 0 fully saturated rings. The molecule has 0 heterocycles. The van der Waals surface area contributed by atoms with Crippen molar-refractivity contribution in [3.8, 4) is 11.1 Å². The van der Waals surface area contributed by atoms with Crippen LogP contribution in [0, 0.1) is 0 Å². The van der Waals surface area contributed by atoms with Gasteiger partial charge in [0.05, 0.1) is 7.11 Å². The molecule has 1 amide bonds. The van der Waals surface area contributed by atoms with Crippen molar-refractivity contribution in [2.45, 2.75) is 25.5 Å². The summed E-state index contributed by atoms with van der Waals surface area (Å²) in [6.07, 6.45) is -0.556. The van der Waals surface area contributed by atoms with Gasteiger partial charge in [0, 0.05) is 12.0 Å². The van der Waals surface area contributed by atoms with Crippen LogP contribution < -0.4 is 5.32 Å². The summed E-state index contributed by atoms with van der Waals surface area (Å²) in [5, 5.41) is 2.50. The molecule has 3 aromatic rings. The highest BCUT2D eigenvalue weighted by Crippen LogP contribution is 2.20. The Morgan fingerprint density at radius 3 is 2.19 bits per heavy atom. The summed E-state index contributed by atoms with van der Waals surface area (Å²) in [7, 11) is 1.23. The Labute approximate surface area is 187 Å². The molecule has 6 nitrogen and oxygen atoms in total. The Morgan fingerprint density at radius 2 is 1.50 bits per heavy atom. The third-order valence-electron chi connectivity index (χ3n) is 4.94. The summed E-state index contributed by atoms with van der Waals surface area (Å²) in [5.74, 6) is -0.749. The normalized spacial score (nSPS) is 11.3. The van der Waals surface area contributed by atoms with E-state index < -0.39 is 18.1 Å². The molecule has 32 heavy (non-hydrogen) atoms. The molecule has 1 unspecified atom stereocenters. The summed E-state index contributed by atoms with van der Waals surface area (Å²) in [6.45, 7) is 0.0450. The number of methoxy groups -OCH3 is 1. The lowest BCUT2D eigenvalue weighted by Crippen LogP contribution is -2.42. The Kier molecular flexibility index (Phi) is 8.15. The van der Waals surface area contributed by atoms with Crippen LogP contribution in [0.3, 0.4) is 0 Å². The van der Waals surface area contributed by atoms with E-state index in [4.69, 9.17) is 9.47 Å². The number of alkyl carbamates (subject to hydrolysis) is 1. The first-order valence-corrected chi connectivity index (χ1v) is 10.3. The van der Waals surface area contributed by atoms with Crippen LogP contribution in [0.25, 0.3) is 11.1 Å². The van der Waals surface area contributed by atoms with Gasteiger partial charge in [-0.25, -0.2) is 9.59 Å². The van der Waals surface area contributed by atoms with E-state index in [9.17, 15) is 14.4 Å². The van der Waals surface area contributed by atoms with E-state index >= 15 is 0 Å². The van der Waals surface area contributed by atoms with Gasteiger partial charge >= 0.3 is 12.1 Å². The first-order chi connectivity index (χ1) is 15.6. The zero-order valence-corrected chi connectivity index (χ0v) is 17.8. The maximum absolute atomic E-state index is 12.3. The minimum atomic E-state index is -0.976. The van der Waals surface area contributed by atoms with Crippen LogP contribution in [-0.4, -0.2) is 31.0 Å². The van der Waals surface area contributed by atoms with Gasteiger partial charge in [-0.1, -0.05) is 78.9 Å². The van der Waals surface area contributed by atoms with Gasteiger partial charge in [-0.15, -0.1) is 0 Å². The molecule has 0 aliphatic heterocycles. The number of benzene rings is 3. The Bertz CT molecular complexity index is 1050. The van der Waals surface area contributed by atoms with E-state index in [0.717, 1.165) is 16.7 Å². The van der Waals surface area contributed by atoms with Gasteiger partial charge in [0.1, 0.15) is 12.6 Å². The number of carbonyl (C=O) groups excluding carboxylic acids is 3. The summed E-state index contributed by atoms with van der Waals surface area (Å²) >= 11 is 0. The number of ketones is 1. The molecular weight excluding hydrogens is 406 g/mol. The molecule has 0 saturated carbocycles. The average Bonchev–Trinajstić information content (AvgIpc) is 2.85. The van der Waals surface area contributed by atoms with Crippen LogP contribution in [0.5, 0.6) is 0 Å². The number of amides is 1. The lowest BCUT2D eigenvalue weighted by atomic mass is 10.0. The molecule has 0 radical (unpaired) electrons. The highest BCUT2D eigenvalue weighted by molar-refractivity contribution is 5.96. The lowest BCUT2D eigenvalue weighted by molar-refractivity contribution is -0.143. The number of hydrogen-bond donors (Lipinski definition) is 1. The smallest absolute Gasteiger partial charge is 0.408 e. The van der Waals surface area contributed by atoms with Crippen molar-refractivity contribution in [1.29, 1.82) is 0 Å². The number of rotatable bonds is 9. The first kappa shape index (κ1) is 22.7. The second kappa shape index (κ2) is 11.5. The Balaban J connectivity index is 1.55. The standard InChI is InChI=1S/C26H25NO5/c1-31-25(29)23(15-16-24(28)21-12-6-3-7-13-21)27-26(30)32-18-19-9-8-14-22(17-19)20-10-4-2-5-11-20/h2-14,17,23H,15-16,18H2,1H3,(H,27,30). The predicted octanol–water partition coefficient (Wildman–Crippen LogP) is 4.78. The number of ether oxygens (including phenoxy) is 2. The topological polar surface area (TPSA) is 81.7 Å². The van der Waals surface area contributed by atoms with Gasteiger partial charge in [-0.05, 0) is 29.2 Å². The monoisotopic (exact) mass is 431 g/mol. The van der Waals surface area contributed by atoms with Crippen molar-refractivity contribution in [2.24, 2.45) is 0 Å². The van der Waals surface area contributed by atoms with Gasteiger partial charge in [-0.2, -0.15) is 0 Å². The van der Waals surface area contributed by atoms with Gasteiger partial charge in [0.15, 0.2) is 5.78 Å². The van der Waals surface area contributed by atoms with Crippen LogP contribution in [0.2, 0.25) is 0 Å². The molecule has 3 aromatic carbocycles. The second-order valence-corrected chi connectivity index (χ2v) is 7.19. The highest BCUT2D eigenvalue weighted by Gasteiger charge is 2.23. The maximum atomic E-state index is 12.3. The van der Waals surface area contributed by atoms with Crippen molar-refractivity contribution in [3.05, 3.63) is 96.1 Å². The number of carbonyl (C=O) groups is 3. The Morgan fingerprint density at radius 1 is 0.844 bits per heavy atom. The van der Waals surface area contributed by atoms with Crippen LogP contribution in [-0.2, 0) is 20.9 Å². The molecule has 0 aromatic heterocycles. The van der Waals surface area contributed by atoms with Crippen molar-refractivity contribution in [3.63, 3.8) is 0 Å². The van der Waals surface area contributed by atoms with Gasteiger partial charge in [0.2, 0.25) is 0 Å².